The van der Waals surface area contributed by atoms with E-state index in [9.17, 15) is 4.79 Å². The zero-order valence-electron chi connectivity index (χ0n) is 16.2. The number of hydrogen-bond donors (Lipinski definition) is 2. The van der Waals surface area contributed by atoms with E-state index in [1.165, 1.54) is 0 Å². The lowest BCUT2D eigenvalue weighted by Gasteiger charge is -2.14. The van der Waals surface area contributed by atoms with E-state index in [1.807, 2.05) is 69.3 Å². The number of imidazole rings is 1. The first-order chi connectivity index (χ1) is 13.6. The number of fused-ring (bicyclic) bond motifs is 1. The molecular formula is C23H23N3O2. The average Bonchev–Trinajstić information content (AvgIpc) is 3.33. The van der Waals surface area contributed by atoms with Gasteiger partial charge >= 0.3 is 0 Å². The summed E-state index contributed by atoms with van der Waals surface area (Å²) in [5, 5.41) is 4.03. The van der Waals surface area contributed by atoms with Crippen LogP contribution < -0.4 is 5.32 Å². The number of benzene rings is 2. The first kappa shape index (κ1) is 18.0. The Balaban J connectivity index is 1.59. The van der Waals surface area contributed by atoms with E-state index in [0.717, 1.165) is 39.2 Å². The van der Waals surface area contributed by atoms with E-state index < -0.39 is 0 Å². The summed E-state index contributed by atoms with van der Waals surface area (Å²) >= 11 is 0. The fourth-order valence-corrected chi connectivity index (χ4v) is 3.47. The lowest BCUT2D eigenvalue weighted by atomic mass is 10.1. The molecule has 4 aromatic rings. The third-order valence-electron chi connectivity index (χ3n) is 5.09. The largest absolute Gasteiger partial charge is 0.450 e. The van der Waals surface area contributed by atoms with Crippen LogP contribution in [0.15, 0.2) is 59.1 Å². The normalized spacial score (nSPS) is 12.2. The van der Waals surface area contributed by atoms with Gasteiger partial charge in [-0.1, -0.05) is 55.5 Å². The predicted octanol–water partition coefficient (Wildman–Crippen LogP) is 5.32. The molecule has 2 aromatic heterocycles. The molecule has 0 bridgehead atoms. The molecule has 142 valence electrons. The maximum absolute atomic E-state index is 12.9. The van der Waals surface area contributed by atoms with Crippen molar-refractivity contribution in [3.8, 4) is 11.3 Å². The number of para-hydroxylation sites is 1. The van der Waals surface area contributed by atoms with Crippen molar-refractivity contribution in [1.29, 1.82) is 0 Å². The molecule has 0 aliphatic carbocycles. The lowest BCUT2D eigenvalue weighted by Crippen LogP contribution is -2.29. The van der Waals surface area contributed by atoms with Crippen molar-refractivity contribution in [2.24, 2.45) is 0 Å². The second-order valence-corrected chi connectivity index (χ2v) is 6.99. The number of H-pyrrole nitrogens is 1. The first-order valence-corrected chi connectivity index (χ1v) is 9.48. The van der Waals surface area contributed by atoms with Gasteiger partial charge in [0.2, 0.25) is 0 Å². The van der Waals surface area contributed by atoms with Gasteiger partial charge in [0.15, 0.2) is 5.76 Å². The molecule has 0 spiro atoms. The molecule has 0 saturated carbocycles. The van der Waals surface area contributed by atoms with E-state index in [2.05, 4.69) is 15.3 Å². The van der Waals surface area contributed by atoms with E-state index in [4.69, 9.17) is 4.42 Å². The van der Waals surface area contributed by atoms with Crippen LogP contribution in [-0.4, -0.2) is 15.9 Å². The van der Waals surface area contributed by atoms with Crippen LogP contribution in [-0.2, 0) is 0 Å². The topological polar surface area (TPSA) is 70.9 Å². The van der Waals surface area contributed by atoms with E-state index in [0.29, 0.717) is 12.2 Å². The first-order valence-electron chi connectivity index (χ1n) is 9.48. The Morgan fingerprint density at radius 3 is 2.64 bits per heavy atom. The van der Waals surface area contributed by atoms with Crippen LogP contribution in [0, 0.1) is 13.8 Å². The monoisotopic (exact) mass is 373 g/mol. The number of hydrogen-bond acceptors (Lipinski definition) is 3. The summed E-state index contributed by atoms with van der Waals surface area (Å²) in [6.07, 6.45) is 2.51. The van der Waals surface area contributed by atoms with Gasteiger partial charge in [0.1, 0.15) is 11.4 Å². The number of amides is 1. The van der Waals surface area contributed by atoms with E-state index in [-0.39, 0.29) is 11.9 Å². The van der Waals surface area contributed by atoms with Crippen LogP contribution in [0.3, 0.4) is 0 Å². The fraction of sp³-hybridized carbons (Fsp3) is 0.217. The molecule has 5 nitrogen and oxygen atoms in total. The molecule has 0 fully saturated rings. The highest BCUT2D eigenvalue weighted by Gasteiger charge is 2.23. The number of nitrogens with zero attached hydrogens (tertiary/aromatic N) is 1. The maximum atomic E-state index is 12.9. The van der Waals surface area contributed by atoms with Gasteiger partial charge in [-0.15, -0.1) is 0 Å². The quantitative estimate of drug-likeness (QED) is 0.497. The summed E-state index contributed by atoms with van der Waals surface area (Å²) in [6, 6.07) is 15.7. The van der Waals surface area contributed by atoms with Crippen molar-refractivity contribution in [2.45, 2.75) is 33.2 Å². The summed E-state index contributed by atoms with van der Waals surface area (Å²) in [5.41, 5.74) is 4.63. The minimum atomic E-state index is -0.224. The van der Waals surface area contributed by atoms with Crippen LogP contribution in [0.25, 0.3) is 22.2 Å². The number of aromatic nitrogens is 2. The Bertz CT molecular complexity index is 1130. The highest BCUT2D eigenvalue weighted by atomic mass is 16.3. The van der Waals surface area contributed by atoms with Crippen molar-refractivity contribution >= 4 is 16.9 Å². The van der Waals surface area contributed by atoms with Gasteiger partial charge in [-0.05, 0) is 31.4 Å². The molecule has 0 radical (unpaired) electrons. The Kier molecular flexibility index (Phi) is 4.74. The Labute approximate surface area is 163 Å². The van der Waals surface area contributed by atoms with Crippen molar-refractivity contribution < 1.29 is 9.21 Å². The number of carbonyl (C=O) groups is 1. The smallest absolute Gasteiger partial charge is 0.287 e. The molecule has 2 N–H and O–H groups in total. The zero-order chi connectivity index (χ0) is 19.7. The number of aryl methyl sites for hydroxylation is 2. The SMILES string of the molecule is CCC(NC(=O)c1oc2c(C)cccc2c1C)c1ncc(-c2ccccc2)[nH]1. The molecule has 1 amide bonds. The standard InChI is InChI=1S/C23H23N3O2/c1-4-18(22-24-13-19(25-22)16-10-6-5-7-11-16)26-23(27)21-15(3)17-12-8-9-14(2)20(17)28-21/h5-13,18H,4H2,1-3H3,(H,24,25)(H,26,27). The second kappa shape index (κ2) is 7.35. The van der Waals surface area contributed by atoms with Crippen LogP contribution >= 0.6 is 0 Å². The fourth-order valence-electron chi connectivity index (χ4n) is 3.47. The van der Waals surface area contributed by atoms with Crippen LogP contribution in [0.1, 0.15) is 46.9 Å². The second-order valence-electron chi connectivity index (χ2n) is 6.99. The van der Waals surface area contributed by atoms with Crippen molar-refractivity contribution in [2.75, 3.05) is 0 Å². The average molecular weight is 373 g/mol. The summed E-state index contributed by atoms with van der Waals surface area (Å²) in [6.45, 7) is 5.92. The molecule has 2 aromatic carbocycles. The van der Waals surface area contributed by atoms with Crippen LogP contribution in [0.2, 0.25) is 0 Å². The molecule has 0 saturated heterocycles. The third kappa shape index (κ3) is 3.20. The van der Waals surface area contributed by atoms with Crippen molar-refractivity contribution in [1.82, 2.24) is 15.3 Å². The number of rotatable bonds is 5. The molecule has 28 heavy (non-hydrogen) atoms. The summed E-state index contributed by atoms with van der Waals surface area (Å²) in [4.78, 5) is 20.7. The number of aromatic amines is 1. The van der Waals surface area contributed by atoms with Gasteiger partial charge in [-0.2, -0.15) is 0 Å². The Hall–Kier alpha value is -3.34. The minimum Gasteiger partial charge on any atom is -0.450 e. The Morgan fingerprint density at radius 1 is 1.14 bits per heavy atom. The molecule has 4 rings (SSSR count). The van der Waals surface area contributed by atoms with Gasteiger partial charge in [-0.25, -0.2) is 4.98 Å². The third-order valence-corrected chi connectivity index (χ3v) is 5.09. The molecule has 1 atom stereocenters. The highest BCUT2D eigenvalue weighted by Crippen LogP contribution is 2.28. The van der Waals surface area contributed by atoms with Crippen molar-refractivity contribution in [3.05, 3.63) is 77.4 Å². The predicted molar refractivity (Wildman–Crippen MR) is 110 cm³/mol. The van der Waals surface area contributed by atoms with Crippen LogP contribution in [0.5, 0.6) is 0 Å². The summed E-state index contributed by atoms with van der Waals surface area (Å²) in [5.74, 6) is 0.870. The maximum Gasteiger partial charge on any atom is 0.287 e. The molecule has 1 unspecified atom stereocenters. The van der Waals surface area contributed by atoms with Gasteiger partial charge in [-0.3, -0.25) is 4.79 Å². The number of nitrogens with one attached hydrogen (secondary N) is 2. The molecule has 0 aliphatic heterocycles. The minimum absolute atomic E-state index is 0.223. The molecule has 0 aliphatic rings. The number of furan rings is 1. The summed E-state index contributed by atoms with van der Waals surface area (Å²) < 4.78 is 5.90. The van der Waals surface area contributed by atoms with Gasteiger partial charge in [0.25, 0.3) is 5.91 Å². The van der Waals surface area contributed by atoms with Gasteiger partial charge in [0.05, 0.1) is 17.9 Å². The van der Waals surface area contributed by atoms with Crippen LogP contribution in [0.4, 0.5) is 0 Å². The number of carbonyl (C=O) groups excluding carboxylic acids is 1. The Morgan fingerprint density at radius 2 is 1.93 bits per heavy atom. The van der Waals surface area contributed by atoms with E-state index >= 15 is 0 Å². The highest BCUT2D eigenvalue weighted by molar-refractivity contribution is 5.99. The summed E-state index contributed by atoms with van der Waals surface area (Å²) in [7, 11) is 0. The molecular weight excluding hydrogens is 350 g/mol. The van der Waals surface area contributed by atoms with E-state index in [1.54, 1.807) is 6.20 Å². The lowest BCUT2D eigenvalue weighted by molar-refractivity contribution is 0.0907. The molecule has 2 heterocycles. The van der Waals surface area contributed by atoms with Gasteiger partial charge < -0.3 is 14.7 Å². The van der Waals surface area contributed by atoms with Crippen molar-refractivity contribution in [3.63, 3.8) is 0 Å². The zero-order valence-corrected chi connectivity index (χ0v) is 16.2. The van der Waals surface area contributed by atoms with Gasteiger partial charge in [0, 0.05) is 10.9 Å². The molecule has 5 heteroatoms.